The molecule has 0 aliphatic carbocycles. The van der Waals surface area contributed by atoms with E-state index in [-0.39, 0.29) is 19.1 Å². The van der Waals surface area contributed by atoms with Gasteiger partial charge < -0.3 is 19.8 Å². The van der Waals surface area contributed by atoms with Crippen molar-refractivity contribution in [3.05, 3.63) is 36.5 Å². The molecule has 0 rings (SSSR count). The van der Waals surface area contributed by atoms with E-state index in [1.54, 1.807) is 6.08 Å². The normalized spacial score (nSPS) is 13.8. The third-order valence-electron chi connectivity index (χ3n) is 16.3. The second kappa shape index (κ2) is 62.3. The third kappa shape index (κ3) is 64.3. The average molecular weight is 1150 g/mol. The molecule has 0 fully saturated rings. The van der Waals surface area contributed by atoms with Gasteiger partial charge in [0, 0.05) is 6.42 Å². The molecule has 3 atom stereocenters. The largest absolute Gasteiger partial charge is 0.472 e. The van der Waals surface area contributed by atoms with E-state index in [1.165, 1.54) is 295 Å². The minimum Gasteiger partial charge on any atom is -0.387 e. The fourth-order valence-electron chi connectivity index (χ4n) is 10.8. The summed E-state index contributed by atoms with van der Waals surface area (Å²) in [6.07, 6.45) is 83.3. The van der Waals surface area contributed by atoms with Crippen molar-refractivity contribution in [2.24, 2.45) is 0 Å². The molecule has 0 heterocycles. The second-order valence-electron chi connectivity index (χ2n) is 25.6. The van der Waals surface area contributed by atoms with Gasteiger partial charge in [0.2, 0.25) is 5.91 Å². The van der Waals surface area contributed by atoms with Crippen LogP contribution < -0.4 is 5.32 Å². The molecule has 0 aliphatic heterocycles. The summed E-state index contributed by atoms with van der Waals surface area (Å²) in [5, 5.41) is 13.9. The van der Waals surface area contributed by atoms with Gasteiger partial charge in [0.1, 0.15) is 13.2 Å². The van der Waals surface area contributed by atoms with Crippen LogP contribution in [-0.2, 0) is 18.4 Å². The van der Waals surface area contributed by atoms with Gasteiger partial charge in [-0.25, -0.2) is 4.57 Å². The van der Waals surface area contributed by atoms with Crippen molar-refractivity contribution in [2.75, 3.05) is 40.9 Å². The number of phosphoric ester groups is 1. The van der Waals surface area contributed by atoms with Crippen molar-refractivity contribution >= 4 is 13.7 Å². The summed E-state index contributed by atoms with van der Waals surface area (Å²) >= 11 is 0. The quantitative estimate of drug-likeness (QED) is 0.0243. The molecular weight excluding hydrogens is 1010 g/mol. The highest BCUT2D eigenvalue weighted by molar-refractivity contribution is 7.47. The number of aliphatic hydroxyl groups excluding tert-OH is 1. The van der Waals surface area contributed by atoms with Crippen molar-refractivity contribution in [2.45, 2.75) is 373 Å². The number of allylic oxidation sites excluding steroid dienone is 5. The zero-order valence-electron chi connectivity index (χ0n) is 54.3. The van der Waals surface area contributed by atoms with E-state index in [2.05, 4.69) is 43.5 Å². The number of hydrogen-bond donors (Lipinski definition) is 3. The molecule has 0 aromatic carbocycles. The number of hydrogen-bond acceptors (Lipinski definition) is 5. The second-order valence-corrected chi connectivity index (χ2v) is 27.1. The van der Waals surface area contributed by atoms with Gasteiger partial charge >= 0.3 is 7.82 Å². The van der Waals surface area contributed by atoms with Crippen LogP contribution in [0.1, 0.15) is 361 Å². The Labute approximate surface area is 499 Å². The van der Waals surface area contributed by atoms with E-state index >= 15 is 0 Å². The molecule has 9 heteroatoms. The fourth-order valence-corrected chi connectivity index (χ4v) is 11.6. The molecule has 8 nitrogen and oxygen atoms in total. The topological polar surface area (TPSA) is 105 Å². The van der Waals surface area contributed by atoms with Crippen LogP contribution in [0.5, 0.6) is 0 Å². The predicted molar refractivity (Wildman–Crippen MR) is 351 cm³/mol. The first kappa shape index (κ1) is 78.7. The van der Waals surface area contributed by atoms with Crippen LogP contribution in [0.3, 0.4) is 0 Å². The summed E-state index contributed by atoms with van der Waals surface area (Å²) in [5.74, 6) is -0.184. The lowest BCUT2D eigenvalue weighted by molar-refractivity contribution is -0.870. The molecule has 0 saturated heterocycles. The molecule has 0 spiro atoms. The number of nitrogens with one attached hydrogen (secondary N) is 1. The maximum atomic E-state index is 13.0. The standard InChI is InChI=1S/C71H139N2O6P/c1-6-8-10-12-14-16-18-20-22-24-26-27-28-29-30-31-32-33-34-35-36-37-38-39-40-41-42-43-44-45-46-47-49-51-53-55-57-59-61-63-65-71(75)72-69(68-79-80(76,77)78-67-66-73(3,4)5)70(74)64-62-60-58-56-54-52-50-48-25-23-21-19-17-15-13-11-9-7-2/h25,48,54,56,62,64,69-70,74H,6-24,26-47,49-53,55,57-61,63,65-68H2,1-5H3,(H-,72,75,76,77)/p+1/b48-25+,56-54+,64-62+. The molecule has 1 amide bonds. The number of carbonyl (C=O) groups excluding carboxylic acids is 1. The zero-order valence-corrected chi connectivity index (χ0v) is 55.2. The van der Waals surface area contributed by atoms with Gasteiger partial charge in [-0.05, 0) is 44.9 Å². The smallest absolute Gasteiger partial charge is 0.387 e. The van der Waals surface area contributed by atoms with Crippen LogP contribution in [0, 0.1) is 0 Å². The lowest BCUT2D eigenvalue weighted by atomic mass is 10.0. The monoisotopic (exact) mass is 1150 g/mol. The van der Waals surface area contributed by atoms with Gasteiger partial charge in [-0.15, -0.1) is 0 Å². The summed E-state index contributed by atoms with van der Waals surface area (Å²) in [5.41, 5.74) is 0. The average Bonchev–Trinajstić information content (AvgIpc) is 3.42. The highest BCUT2D eigenvalue weighted by Crippen LogP contribution is 2.43. The van der Waals surface area contributed by atoms with Gasteiger partial charge in [-0.1, -0.05) is 346 Å². The SMILES string of the molecule is CCCCCCCCCC/C=C/CC/C=C/CC/C=C/C(O)C(COP(=O)(O)OCC[N+](C)(C)C)NC(=O)CCCCCCCCCCCCCCCCCCCCCCCCCCCCCCCCCCCCCCCCCC. The van der Waals surface area contributed by atoms with Crippen LogP contribution in [0.25, 0.3) is 0 Å². The molecular formula is C71H140N2O6P+. The fraction of sp³-hybridized carbons (Fsp3) is 0.901. The van der Waals surface area contributed by atoms with Crippen LogP contribution in [0.15, 0.2) is 36.5 Å². The first-order chi connectivity index (χ1) is 39.0. The van der Waals surface area contributed by atoms with Crippen molar-refractivity contribution in [1.29, 1.82) is 0 Å². The number of rotatable bonds is 66. The van der Waals surface area contributed by atoms with Gasteiger partial charge in [-0.3, -0.25) is 13.8 Å². The number of quaternary nitrogens is 1. The first-order valence-corrected chi connectivity index (χ1v) is 36.9. The van der Waals surface area contributed by atoms with Crippen molar-refractivity contribution < 1.29 is 32.9 Å². The number of aliphatic hydroxyl groups is 1. The van der Waals surface area contributed by atoms with Crippen LogP contribution >= 0.6 is 7.82 Å². The Morgan fingerprint density at radius 2 is 0.688 bits per heavy atom. The van der Waals surface area contributed by atoms with Crippen molar-refractivity contribution in [3.8, 4) is 0 Å². The number of nitrogens with zero attached hydrogens (tertiary/aromatic N) is 1. The predicted octanol–water partition coefficient (Wildman–Crippen LogP) is 22.4. The van der Waals surface area contributed by atoms with Gasteiger partial charge in [0.05, 0.1) is 39.9 Å². The van der Waals surface area contributed by atoms with E-state index in [9.17, 15) is 19.4 Å². The summed E-state index contributed by atoms with van der Waals surface area (Å²) in [6, 6.07) is -0.869. The maximum Gasteiger partial charge on any atom is 0.472 e. The van der Waals surface area contributed by atoms with Crippen LogP contribution in [0.2, 0.25) is 0 Å². The maximum absolute atomic E-state index is 13.0. The number of carbonyl (C=O) groups is 1. The number of amides is 1. The Balaban J connectivity index is 3.90. The van der Waals surface area contributed by atoms with E-state index in [1.807, 2.05) is 27.2 Å². The summed E-state index contributed by atoms with van der Waals surface area (Å²) < 4.78 is 23.7. The molecule has 0 saturated carbocycles. The lowest BCUT2D eigenvalue weighted by Crippen LogP contribution is -2.45. The van der Waals surface area contributed by atoms with Gasteiger partial charge in [0.15, 0.2) is 0 Å². The first-order valence-electron chi connectivity index (χ1n) is 35.4. The summed E-state index contributed by atoms with van der Waals surface area (Å²) in [4.78, 5) is 23.4. The minimum atomic E-state index is -4.36. The Hall–Kier alpha value is -1.28. The van der Waals surface area contributed by atoms with E-state index in [4.69, 9.17) is 9.05 Å². The summed E-state index contributed by atoms with van der Waals surface area (Å²) in [7, 11) is 1.56. The van der Waals surface area contributed by atoms with E-state index < -0.39 is 20.0 Å². The number of unbranched alkanes of at least 4 members (excludes halogenated alkanes) is 49. The molecule has 3 N–H and O–H groups in total. The molecule has 0 aromatic heterocycles. The number of phosphoric acid groups is 1. The van der Waals surface area contributed by atoms with Crippen LogP contribution in [0.4, 0.5) is 0 Å². The zero-order chi connectivity index (χ0) is 58.4. The molecule has 0 radical (unpaired) electrons. The molecule has 0 aliphatic rings. The molecule has 0 bridgehead atoms. The van der Waals surface area contributed by atoms with Crippen LogP contribution in [-0.4, -0.2) is 73.4 Å². The van der Waals surface area contributed by atoms with Gasteiger partial charge in [0.25, 0.3) is 0 Å². The highest BCUT2D eigenvalue weighted by atomic mass is 31.2. The van der Waals surface area contributed by atoms with Crippen molar-refractivity contribution in [3.63, 3.8) is 0 Å². The highest BCUT2D eigenvalue weighted by Gasteiger charge is 2.28. The Bertz CT molecular complexity index is 1400. The molecule has 3 unspecified atom stereocenters. The molecule has 474 valence electrons. The Morgan fingerprint density at radius 1 is 0.412 bits per heavy atom. The third-order valence-corrected chi connectivity index (χ3v) is 17.3. The van der Waals surface area contributed by atoms with E-state index in [0.29, 0.717) is 17.4 Å². The Morgan fingerprint density at radius 3 is 1.00 bits per heavy atom. The molecule has 80 heavy (non-hydrogen) atoms. The minimum absolute atomic E-state index is 0.0552. The van der Waals surface area contributed by atoms with Gasteiger partial charge in [-0.2, -0.15) is 0 Å². The lowest BCUT2D eigenvalue weighted by Gasteiger charge is -2.25. The number of likely N-dealkylation sites (N-methyl/N-ethyl adjacent to an activating group) is 1. The molecule has 0 aromatic rings. The Kier molecular flexibility index (Phi) is 61.3. The van der Waals surface area contributed by atoms with E-state index in [0.717, 1.165) is 44.9 Å². The summed E-state index contributed by atoms with van der Waals surface area (Å²) in [6.45, 7) is 4.83. The van der Waals surface area contributed by atoms with Crippen molar-refractivity contribution in [1.82, 2.24) is 5.32 Å².